The van der Waals surface area contributed by atoms with Gasteiger partial charge in [0.05, 0.1) is 26.4 Å². The molecule has 0 spiro atoms. The molecule has 0 saturated heterocycles. The number of rotatable bonds is 81. The van der Waals surface area contributed by atoms with Crippen molar-refractivity contribution in [3.05, 3.63) is 24.3 Å². The zero-order valence-corrected chi connectivity index (χ0v) is 69.8. The Morgan fingerprint density at radius 2 is 0.567 bits per heavy atom. The van der Waals surface area contributed by atoms with Gasteiger partial charge in [-0.2, -0.15) is 0 Å². The standard InChI is InChI=1S/C85H162O17P2/c1-8-10-11-12-13-14-15-16-21-29-34-39-46-54-61-68-84(89)101-80(72-95-82(87)66-59-52-45-38-33-28-25-24-27-32-37-44-51-58-65-78(7)9-2)74-99-103(91,92)97-70-79(86)71-98-104(93,94)100-75-81(73-96-83(88)67-60-53-48-41-43-50-57-64-77(5)6)102-85(90)69-62-55-47-40-35-30-23-20-18-17-19-22-26-31-36-42-49-56-63-76(3)4/h14-16,21,76-81,86H,8-13,17-20,22-75H2,1-7H3,(H,91,92)(H,93,94)/b15-14-,21-16-/t78?,79?,80-,81-/m1/s1. The van der Waals surface area contributed by atoms with Crippen molar-refractivity contribution in [3.63, 3.8) is 0 Å². The minimum absolute atomic E-state index is 0.0852. The van der Waals surface area contributed by atoms with Gasteiger partial charge in [-0.25, -0.2) is 9.13 Å². The van der Waals surface area contributed by atoms with Crippen LogP contribution in [0.1, 0.15) is 421 Å². The number of unbranched alkanes of at least 4 members (excludes halogenated alkanes) is 45. The van der Waals surface area contributed by atoms with Crippen LogP contribution in [0.4, 0.5) is 0 Å². The summed E-state index contributed by atoms with van der Waals surface area (Å²) in [6, 6.07) is 0. The number of hydrogen-bond donors (Lipinski definition) is 3. The van der Waals surface area contributed by atoms with E-state index in [4.69, 9.17) is 37.0 Å². The Hall–Kier alpha value is -2.46. The van der Waals surface area contributed by atoms with Crippen molar-refractivity contribution in [2.75, 3.05) is 39.6 Å². The van der Waals surface area contributed by atoms with Crippen LogP contribution in [0.15, 0.2) is 24.3 Å². The second kappa shape index (κ2) is 74.6. The van der Waals surface area contributed by atoms with E-state index in [-0.39, 0.29) is 25.7 Å². The van der Waals surface area contributed by atoms with Crippen molar-refractivity contribution >= 4 is 39.5 Å². The molecule has 0 aromatic carbocycles. The minimum atomic E-state index is -4.97. The number of ether oxygens (including phenoxy) is 4. The maximum Gasteiger partial charge on any atom is 0.472 e. The predicted molar refractivity (Wildman–Crippen MR) is 427 cm³/mol. The number of aliphatic hydroxyl groups excluding tert-OH is 1. The summed E-state index contributed by atoms with van der Waals surface area (Å²) in [4.78, 5) is 73.1. The molecule has 0 aliphatic heterocycles. The summed E-state index contributed by atoms with van der Waals surface area (Å²) in [5, 5.41) is 10.7. The lowest BCUT2D eigenvalue weighted by molar-refractivity contribution is -0.161. The molecular formula is C85H162O17P2. The maximum atomic E-state index is 13.1. The van der Waals surface area contributed by atoms with E-state index in [0.717, 1.165) is 121 Å². The summed E-state index contributed by atoms with van der Waals surface area (Å²) >= 11 is 0. The van der Waals surface area contributed by atoms with E-state index < -0.39 is 97.5 Å². The Kier molecular flexibility index (Phi) is 72.9. The average Bonchev–Trinajstić information content (AvgIpc) is 0.909. The lowest BCUT2D eigenvalue weighted by Gasteiger charge is -2.21. The van der Waals surface area contributed by atoms with E-state index >= 15 is 0 Å². The molecule has 614 valence electrons. The summed E-state index contributed by atoms with van der Waals surface area (Å²) < 4.78 is 68.8. The number of phosphoric ester groups is 2. The van der Waals surface area contributed by atoms with Crippen LogP contribution in [-0.4, -0.2) is 96.7 Å². The Labute approximate surface area is 637 Å². The van der Waals surface area contributed by atoms with Crippen LogP contribution >= 0.6 is 15.6 Å². The quantitative estimate of drug-likeness (QED) is 0.0169. The molecule has 0 bridgehead atoms. The Morgan fingerprint density at radius 3 is 0.856 bits per heavy atom. The van der Waals surface area contributed by atoms with E-state index in [1.54, 1.807) is 0 Å². The number of hydrogen-bond acceptors (Lipinski definition) is 15. The number of allylic oxidation sites excluding steroid dienone is 4. The molecule has 6 atom stereocenters. The first-order chi connectivity index (χ1) is 50.3. The molecular weight excluding hydrogens is 1350 g/mol. The van der Waals surface area contributed by atoms with Crippen molar-refractivity contribution in [1.82, 2.24) is 0 Å². The van der Waals surface area contributed by atoms with Crippen LogP contribution in [0.5, 0.6) is 0 Å². The van der Waals surface area contributed by atoms with E-state index in [2.05, 4.69) is 72.8 Å². The van der Waals surface area contributed by atoms with Gasteiger partial charge in [-0.1, -0.05) is 368 Å². The highest BCUT2D eigenvalue weighted by atomic mass is 31.2. The van der Waals surface area contributed by atoms with Crippen LogP contribution in [0, 0.1) is 17.8 Å². The van der Waals surface area contributed by atoms with Crippen molar-refractivity contribution in [2.45, 2.75) is 439 Å². The fourth-order valence-electron chi connectivity index (χ4n) is 12.6. The predicted octanol–water partition coefficient (Wildman–Crippen LogP) is 25.3. The molecule has 0 heterocycles. The SMILES string of the molecule is CCCCCC/C=C\C=C/CCCCCCCC(=O)O[C@H](COC(=O)CCCCCCCCCCCCCCCCC(C)CC)COP(=O)(O)OCC(O)COP(=O)(O)OC[C@@H](COC(=O)CCCCCCCCCC(C)C)OC(=O)CCCCCCCCCCCCCCCCCCCCC(C)C. The lowest BCUT2D eigenvalue weighted by atomic mass is 9.99. The molecule has 0 aliphatic carbocycles. The van der Waals surface area contributed by atoms with Crippen molar-refractivity contribution in [2.24, 2.45) is 17.8 Å². The van der Waals surface area contributed by atoms with E-state index in [1.165, 1.54) is 212 Å². The zero-order valence-electron chi connectivity index (χ0n) is 68.0. The van der Waals surface area contributed by atoms with Gasteiger partial charge in [-0.05, 0) is 69.1 Å². The monoisotopic (exact) mass is 1520 g/mol. The molecule has 104 heavy (non-hydrogen) atoms. The van der Waals surface area contributed by atoms with Crippen LogP contribution in [0.25, 0.3) is 0 Å². The third-order valence-corrected chi connectivity index (χ3v) is 21.5. The largest absolute Gasteiger partial charge is 0.472 e. The highest BCUT2D eigenvalue weighted by Crippen LogP contribution is 2.45. The molecule has 0 fully saturated rings. The van der Waals surface area contributed by atoms with Gasteiger partial charge in [0.15, 0.2) is 12.2 Å². The number of aliphatic hydroxyl groups is 1. The summed E-state index contributed by atoms with van der Waals surface area (Å²) in [5.41, 5.74) is 0. The van der Waals surface area contributed by atoms with Gasteiger partial charge in [-0.15, -0.1) is 0 Å². The fraction of sp³-hybridized carbons (Fsp3) is 0.906. The number of esters is 4. The highest BCUT2D eigenvalue weighted by Gasteiger charge is 2.30. The Bertz CT molecular complexity index is 2110. The van der Waals surface area contributed by atoms with E-state index in [1.807, 2.05) is 0 Å². The second-order valence-corrected chi connectivity index (χ2v) is 34.0. The maximum absolute atomic E-state index is 13.1. The topological polar surface area (TPSA) is 237 Å². The van der Waals surface area contributed by atoms with Crippen molar-refractivity contribution < 1.29 is 80.2 Å². The molecule has 17 nitrogen and oxygen atoms in total. The average molecular weight is 1520 g/mol. The van der Waals surface area contributed by atoms with Gasteiger partial charge in [-0.3, -0.25) is 37.3 Å². The minimum Gasteiger partial charge on any atom is -0.462 e. The summed E-state index contributed by atoms with van der Waals surface area (Å²) in [6.07, 6.45) is 67.5. The van der Waals surface area contributed by atoms with Crippen LogP contribution in [0.3, 0.4) is 0 Å². The fourth-order valence-corrected chi connectivity index (χ4v) is 14.2. The van der Waals surface area contributed by atoms with Crippen LogP contribution < -0.4 is 0 Å². The molecule has 0 aliphatic rings. The molecule has 0 radical (unpaired) electrons. The van der Waals surface area contributed by atoms with Crippen LogP contribution in [0.2, 0.25) is 0 Å². The van der Waals surface area contributed by atoms with Gasteiger partial charge >= 0.3 is 39.5 Å². The Morgan fingerprint density at radius 1 is 0.317 bits per heavy atom. The molecule has 0 rings (SSSR count). The van der Waals surface area contributed by atoms with Gasteiger partial charge in [0, 0.05) is 25.7 Å². The number of phosphoric acid groups is 2. The molecule has 19 heteroatoms. The molecule has 0 aromatic rings. The molecule has 0 saturated carbocycles. The van der Waals surface area contributed by atoms with Crippen molar-refractivity contribution in [1.29, 1.82) is 0 Å². The van der Waals surface area contributed by atoms with Gasteiger partial charge in [0.25, 0.3) is 0 Å². The Balaban J connectivity index is 5.24. The molecule has 4 unspecified atom stereocenters. The highest BCUT2D eigenvalue weighted by molar-refractivity contribution is 7.47. The number of carbonyl (C=O) groups is 4. The second-order valence-electron chi connectivity index (χ2n) is 31.1. The molecule has 3 N–H and O–H groups in total. The van der Waals surface area contributed by atoms with E-state index in [9.17, 15) is 43.2 Å². The summed E-state index contributed by atoms with van der Waals surface area (Å²) in [6.45, 7) is 11.9. The van der Waals surface area contributed by atoms with Gasteiger partial charge < -0.3 is 33.8 Å². The first kappa shape index (κ1) is 102. The normalized spacial score (nSPS) is 14.3. The number of carbonyl (C=O) groups excluding carboxylic acids is 4. The van der Waals surface area contributed by atoms with Crippen LogP contribution in [-0.2, 0) is 65.4 Å². The van der Waals surface area contributed by atoms with Gasteiger partial charge in [0.1, 0.15) is 19.3 Å². The van der Waals surface area contributed by atoms with Gasteiger partial charge in [0.2, 0.25) is 0 Å². The smallest absolute Gasteiger partial charge is 0.462 e. The van der Waals surface area contributed by atoms with Crippen molar-refractivity contribution in [3.8, 4) is 0 Å². The summed E-state index contributed by atoms with van der Waals surface area (Å²) in [5.74, 6) is 0.233. The first-order valence-electron chi connectivity index (χ1n) is 43.2. The summed E-state index contributed by atoms with van der Waals surface area (Å²) in [7, 11) is -9.94. The third-order valence-electron chi connectivity index (χ3n) is 19.6. The zero-order chi connectivity index (χ0) is 76.5. The third kappa shape index (κ3) is 76.3. The lowest BCUT2D eigenvalue weighted by Crippen LogP contribution is -2.30. The first-order valence-corrected chi connectivity index (χ1v) is 46.2. The van der Waals surface area contributed by atoms with E-state index in [0.29, 0.717) is 31.6 Å². The molecule has 0 amide bonds. The molecule has 0 aromatic heterocycles.